The predicted molar refractivity (Wildman–Crippen MR) is 85.2 cm³/mol. The molecule has 1 atom stereocenters. The van der Waals surface area contributed by atoms with Crippen LogP contribution in [0.25, 0.3) is 0 Å². The molecule has 1 unspecified atom stereocenters. The number of rotatable bonds is 4. The summed E-state index contributed by atoms with van der Waals surface area (Å²) in [6, 6.07) is 15.3. The second kappa shape index (κ2) is 6.46. The van der Waals surface area contributed by atoms with Gasteiger partial charge in [0.05, 0.1) is 10.7 Å². The molecule has 0 bridgehead atoms. The zero-order valence-corrected chi connectivity index (χ0v) is 12.5. The van der Waals surface area contributed by atoms with Crippen molar-refractivity contribution in [2.24, 2.45) is 0 Å². The first-order valence-corrected chi connectivity index (χ1v) is 7.56. The lowest BCUT2D eigenvalue weighted by atomic mass is 10.2. The average molecular weight is 305 g/mol. The molecule has 1 aliphatic heterocycles. The molecule has 4 heteroatoms. The zero-order valence-electron chi connectivity index (χ0n) is 11.7. The molecule has 2 aromatic carbocycles. The lowest BCUT2D eigenvalue weighted by Gasteiger charge is -2.18. The molecule has 1 heterocycles. The van der Waals surface area contributed by atoms with Crippen molar-refractivity contribution in [3.8, 4) is 0 Å². The molecule has 3 rings (SSSR count). The second-order valence-corrected chi connectivity index (χ2v) is 5.88. The lowest BCUT2D eigenvalue weighted by Crippen LogP contribution is -2.26. The molecule has 1 N–H and O–H groups in total. The van der Waals surface area contributed by atoms with Gasteiger partial charge in [0.25, 0.3) is 0 Å². The van der Waals surface area contributed by atoms with E-state index in [9.17, 15) is 4.39 Å². The van der Waals surface area contributed by atoms with E-state index in [4.69, 9.17) is 11.6 Å². The zero-order chi connectivity index (χ0) is 14.7. The van der Waals surface area contributed by atoms with Crippen molar-refractivity contribution in [2.45, 2.75) is 19.0 Å². The maximum atomic E-state index is 13.0. The molecule has 0 amide bonds. The maximum Gasteiger partial charge on any atom is 0.124 e. The summed E-state index contributed by atoms with van der Waals surface area (Å²) < 4.78 is 13.0. The van der Waals surface area contributed by atoms with Crippen molar-refractivity contribution in [3.05, 3.63) is 64.9 Å². The Balaban J connectivity index is 1.57. The molecule has 2 nitrogen and oxygen atoms in total. The largest absolute Gasteiger partial charge is 0.380 e. The summed E-state index contributed by atoms with van der Waals surface area (Å²) in [7, 11) is 0. The van der Waals surface area contributed by atoms with Crippen LogP contribution in [-0.4, -0.2) is 24.0 Å². The number of nitrogens with one attached hydrogen (secondary N) is 1. The molecule has 110 valence electrons. The maximum absolute atomic E-state index is 13.0. The molecule has 21 heavy (non-hydrogen) atoms. The molecule has 0 spiro atoms. The van der Waals surface area contributed by atoms with Crippen molar-refractivity contribution >= 4 is 17.3 Å². The summed E-state index contributed by atoms with van der Waals surface area (Å²) in [6.07, 6.45) is 1.07. The van der Waals surface area contributed by atoms with Crippen molar-refractivity contribution in [2.75, 3.05) is 18.4 Å². The summed E-state index contributed by atoms with van der Waals surface area (Å²) in [5.41, 5.74) is 2.14. The van der Waals surface area contributed by atoms with Gasteiger partial charge in [0, 0.05) is 25.7 Å². The number of nitrogens with zero attached hydrogens (tertiary/aromatic N) is 1. The Labute approximate surface area is 129 Å². The van der Waals surface area contributed by atoms with E-state index in [-0.39, 0.29) is 5.82 Å². The Bertz CT molecular complexity index is 603. The number of likely N-dealkylation sites (tertiary alicyclic amines) is 1. The van der Waals surface area contributed by atoms with Gasteiger partial charge in [-0.05, 0) is 30.2 Å². The number of benzene rings is 2. The van der Waals surface area contributed by atoms with Crippen LogP contribution >= 0.6 is 11.6 Å². The first-order valence-electron chi connectivity index (χ1n) is 7.18. The van der Waals surface area contributed by atoms with Gasteiger partial charge in [0.1, 0.15) is 5.82 Å². The minimum absolute atomic E-state index is 0.303. The van der Waals surface area contributed by atoms with E-state index in [0.29, 0.717) is 11.1 Å². The molecular weight excluding hydrogens is 287 g/mol. The topological polar surface area (TPSA) is 15.3 Å². The molecule has 1 saturated heterocycles. The van der Waals surface area contributed by atoms with Gasteiger partial charge >= 0.3 is 0 Å². The Morgan fingerprint density at radius 1 is 1.19 bits per heavy atom. The summed E-state index contributed by atoms with van der Waals surface area (Å²) >= 11 is 6.06. The predicted octanol–water partition coefficient (Wildman–Crippen LogP) is 4.17. The summed E-state index contributed by atoms with van der Waals surface area (Å²) in [4.78, 5) is 2.42. The Kier molecular flexibility index (Phi) is 4.42. The van der Waals surface area contributed by atoms with E-state index < -0.39 is 0 Å². The van der Waals surface area contributed by atoms with Crippen LogP contribution in [-0.2, 0) is 6.54 Å². The van der Waals surface area contributed by atoms with E-state index in [1.54, 1.807) is 6.07 Å². The number of hydrogen-bond donors (Lipinski definition) is 1. The van der Waals surface area contributed by atoms with Crippen LogP contribution < -0.4 is 5.32 Å². The van der Waals surface area contributed by atoms with Gasteiger partial charge in [0.15, 0.2) is 0 Å². The van der Waals surface area contributed by atoms with Gasteiger partial charge in [-0.1, -0.05) is 41.9 Å². The number of halogens is 2. The average Bonchev–Trinajstić information content (AvgIpc) is 2.90. The number of hydrogen-bond acceptors (Lipinski definition) is 2. The number of anilines is 1. The highest BCUT2D eigenvalue weighted by molar-refractivity contribution is 6.33. The van der Waals surface area contributed by atoms with Gasteiger partial charge in [0.2, 0.25) is 0 Å². The molecule has 0 saturated carbocycles. The summed E-state index contributed by atoms with van der Waals surface area (Å²) in [5.74, 6) is -0.303. The van der Waals surface area contributed by atoms with Gasteiger partial charge in [-0.2, -0.15) is 0 Å². The van der Waals surface area contributed by atoms with Crippen LogP contribution in [0.3, 0.4) is 0 Å². The normalized spacial score (nSPS) is 18.9. The van der Waals surface area contributed by atoms with E-state index in [1.165, 1.54) is 17.7 Å². The molecule has 1 aliphatic rings. The van der Waals surface area contributed by atoms with Crippen molar-refractivity contribution in [3.63, 3.8) is 0 Å². The fourth-order valence-corrected chi connectivity index (χ4v) is 2.98. The molecule has 1 fully saturated rings. The highest BCUT2D eigenvalue weighted by Crippen LogP contribution is 2.25. The third kappa shape index (κ3) is 3.74. The minimum atomic E-state index is -0.303. The van der Waals surface area contributed by atoms with Crippen molar-refractivity contribution < 1.29 is 4.39 Å². The van der Waals surface area contributed by atoms with Gasteiger partial charge in [-0.3, -0.25) is 4.90 Å². The van der Waals surface area contributed by atoms with E-state index >= 15 is 0 Å². The Morgan fingerprint density at radius 2 is 2.00 bits per heavy atom. The van der Waals surface area contributed by atoms with E-state index in [0.717, 1.165) is 31.7 Å². The van der Waals surface area contributed by atoms with Crippen molar-refractivity contribution in [1.29, 1.82) is 0 Å². The first-order chi connectivity index (χ1) is 10.2. The van der Waals surface area contributed by atoms with Crippen LogP contribution in [0.4, 0.5) is 10.1 Å². The molecule has 0 aliphatic carbocycles. The molecule has 2 aromatic rings. The van der Waals surface area contributed by atoms with Crippen LogP contribution in [0.5, 0.6) is 0 Å². The fourth-order valence-electron chi connectivity index (χ4n) is 2.76. The van der Waals surface area contributed by atoms with E-state index in [2.05, 4.69) is 34.5 Å². The van der Waals surface area contributed by atoms with Crippen LogP contribution in [0.2, 0.25) is 5.02 Å². The van der Waals surface area contributed by atoms with Crippen LogP contribution in [0, 0.1) is 5.82 Å². The lowest BCUT2D eigenvalue weighted by molar-refractivity contribution is 0.328. The second-order valence-electron chi connectivity index (χ2n) is 5.47. The highest BCUT2D eigenvalue weighted by Gasteiger charge is 2.22. The van der Waals surface area contributed by atoms with Crippen LogP contribution in [0.1, 0.15) is 12.0 Å². The standard InChI is InChI=1S/C17H18ClFN2/c18-16-10-14(19)6-7-17(16)20-15-8-9-21(12-15)11-13-4-2-1-3-5-13/h1-7,10,15,20H,8-9,11-12H2. The molecular formula is C17H18ClFN2. The molecule has 0 aromatic heterocycles. The first kappa shape index (κ1) is 14.4. The van der Waals surface area contributed by atoms with E-state index in [1.807, 2.05) is 6.07 Å². The Hall–Kier alpha value is -1.58. The van der Waals surface area contributed by atoms with Gasteiger partial charge in [-0.15, -0.1) is 0 Å². The third-order valence-electron chi connectivity index (χ3n) is 3.81. The third-order valence-corrected chi connectivity index (χ3v) is 4.12. The summed E-state index contributed by atoms with van der Waals surface area (Å²) in [5, 5.41) is 3.85. The quantitative estimate of drug-likeness (QED) is 0.912. The van der Waals surface area contributed by atoms with Gasteiger partial charge < -0.3 is 5.32 Å². The van der Waals surface area contributed by atoms with Crippen LogP contribution in [0.15, 0.2) is 48.5 Å². The molecule has 0 radical (unpaired) electrons. The highest BCUT2D eigenvalue weighted by atomic mass is 35.5. The van der Waals surface area contributed by atoms with Crippen molar-refractivity contribution in [1.82, 2.24) is 4.90 Å². The SMILES string of the molecule is Fc1ccc(NC2CCN(Cc3ccccc3)C2)c(Cl)c1. The minimum Gasteiger partial charge on any atom is -0.380 e. The Morgan fingerprint density at radius 3 is 2.76 bits per heavy atom. The fraction of sp³-hybridized carbons (Fsp3) is 0.294. The monoisotopic (exact) mass is 304 g/mol. The summed E-state index contributed by atoms with van der Waals surface area (Å²) in [6.45, 7) is 3.00. The smallest absolute Gasteiger partial charge is 0.124 e. The van der Waals surface area contributed by atoms with Gasteiger partial charge in [-0.25, -0.2) is 4.39 Å².